The van der Waals surface area contributed by atoms with Crippen LogP contribution in [-0.2, 0) is 13.5 Å². The van der Waals surface area contributed by atoms with E-state index in [1.54, 1.807) is 0 Å². The van der Waals surface area contributed by atoms with E-state index in [1.165, 1.54) is 5.69 Å². The molecule has 56 valence electrons. The first-order valence-electron chi connectivity index (χ1n) is 3.31. The number of rotatable bonds is 2. The molecule has 3 heteroatoms. The van der Waals surface area contributed by atoms with Crippen molar-refractivity contribution >= 4 is 22.6 Å². The molecule has 0 aliphatic rings. The van der Waals surface area contributed by atoms with Gasteiger partial charge in [0.25, 0.3) is 0 Å². The first kappa shape index (κ1) is 8.04. The summed E-state index contributed by atoms with van der Waals surface area (Å²) in [5.41, 5.74) is 1.31. The zero-order valence-corrected chi connectivity index (χ0v) is 8.37. The summed E-state index contributed by atoms with van der Waals surface area (Å²) >= 11 is 2.42. The molecule has 0 N–H and O–H groups in total. The van der Waals surface area contributed by atoms with Crippen molar-refractivity contribution in [3.8, 4) is 0 Å². The van der Waals surface area contributed by atoms with Gasteiger partial charge in [0, 0.05) is 29.3 Å². The smallest absolute Gasteiger partial charge is 0.0492 e. The Morgan fingerprint density at radius 2 is 2.50 bits per heavy atom. The Hall–Kier alpha value is -0.0600. The van der Waals surface area contributed by atoms with Crippen LogP contribution >= 0.6 is 22.6 Å². The van der Waals surface area contributed by atoms with E-state index in [0.717, 1.165) is 6.42 Å². The van der Waals surface area contributed by atoms with Crippen LogP contribution in [0.1, 0.15) is 12.6 Å². The molecule has 1 heterocycles. The van der Waals surface area contributed by atoms with Gasteiger partial charge in [-0.3, -0.25) is 4.68 Å². The summed E-state index contributed by atoms with van der Waals surface area (Å²) < 4.78 is 2.61. The monoisotopic (exact) mass is 250 g/mol. The average molecular weight is 250 g/mol. The van der Waals surface area contributed by atoms with Gasteiger partial charge in [0.15, 0.2) is 0 Å². The number of nitrogens with zero attached hydrogens (tertiary/aromatic N) is 2. The lowest BCUT2D eigenvalue weighted by Gasteiger charge is -2.02. The summed E-state index contributed by atoms with van der Waals surface area (Å²) in [5, 5.41) is 4.08. The molecule has 0 aliphatic carbocycles. The molecule has 0 saturated heterocycles. The van der Waals surface area contributed by atoms with Crippen molar-refractivity contribution in [3.05, 3.63) is 18.0 Å². The van der Waals surface area contributed by atoms with Crippen molar-refractivity contribution in [1.29, 1.82) is 0 Å². The van der Waals surface area contributed by atoms with Gasteiger partial charge in [0.1, 0.15) is 0 Å². The third kappa shape index (κ3) is 1.97. The van der Waals surface area contributed by atoms with Crippen molar-refractivity contribution < 1.29 is 0 Å². The van der Waals surface area contributed by atoms with Gasteiger partial charge in [0.05, 0.1) is 0 Å². The first-order valence-corrected chi connectivity index (χ1v) is 4.55. The predicted molar refractivity (Wildman–Crippen MR) is 50.4 cm³/mol. The maximum atomic E-state index is 4.08. The highest BCUT2D eigenvalue weighted by Gasteiger charge is 2.01. The molecule has 2 nitrogen and oxygen atoms in total. The lowest BCUT2D eigenvalue weighted by molar-refractivity contribution is 0.706. The molecule has 1 rings (SSSR count). The van der Waals surface area contributed by atoms with Crippen LogP contribution in [0.5, 0.6) is 0 Å². The lowest BCUT2D eigenvalue weighted by atomic mass is 10.2. The fraction of sp³-hybridized carbons (Fsp3) is 0.571. The summed E-state index contributed by atoms with van der Waals surface area (Å²) in [6, 6.07) is 2.06. The average Bonchev–Trinajstić information content (AvgIpc) is 2.15. The number of alkyl halides is 1. The second-order valence-corrected chi connectivity index (χ2v) is 4.56. The quantitative estimate of drug-likeness (QED) is 0.578. The highest BCUT2D eigenvalue weighted by molar-refractivity contribution is 14.1. The van der Waals surface area contributed by atoms with Gasteiger partial charge in [-0.25, -0.2) is 0 Å². The van der Waals surface area contributed by atoms with Crippen molar-refractivity contribution in [2.75, 3.05) is 0 Å². The largest absolute Gasteiger partial charge is 0.273 e. The molecule has 0 aliphatic heterocycles. The van der Waals surface area contributed by atoms with Crippen LogP contribution in [0.2, 0.25) is 0 Å². The fourth-order valence-corrected chi connectivity index (χ4v) is 1.34. The van der Waals surface area contributed by atoms with Gasteiger partial charge >= 0.3 is 0 Å². The summed E-state index contributed by atoms with van der Waals surface area (Å²) in [5.74, 6) is 0. The SMILES string of the molecule is CC(I)Cc1ccnn1C. The second kappa shape index (κ2) is 3.37. The lowest BCUT2D eigenvalue weighted by Crippen LogP contribution is -2.03. The van der Waals surface area contributed by atoms with E-state index in [2.05, 4.69) is 40.7 Å². The molecule has 1 aromatic rings. The molecule has 0 spiro atoms. The molecular weight excluding hydrogens is 239 g/mol. The molecule has 0 bridgehead atoms. The molecule has 0 fully saturated rings. The number of hydrogen-bond donors (Lipinski definition) is 0. The molecule has 1 atom stereocenters. The van der Waals surface area contributed by atoms with E-state index in [4.69, 9.17) is 0 Å². The Kier molecular flexibility index (Phi) is 2.71. The Labute approximate surface area is 74.8 Å². The van der Waals surface area contributed by atoms with Gasteiger partial charge in [-0.2, -0.15) is 5.10 Å². The summed E-state index contributed by atoms with van der Waals surface area (Å²) in [6.07, 6.45) is 2.95. The van der Waals surface area contributed by atoms with E-state index >= 15 is 0 Å². The van der Waals surface area contributed by atoms with Crippen LogP contribution in [0, 0.1) is 0 Å². The zero-order chi connectivity index (χ0) is 7.56. The van der Waals surface area contributed by atoms with Gasteiger partial charge < -0.3 is 0 Å². The fourth-order valence-electron chi connectivity index (χ4n) is 0.890. The van der Waals surface area contributed by atoms with Crippen molar-refractivity contribution in [3.63, 3.8) is 0 Å². The Morgan fingerprint density at radius 3 is 2.90 bits per heavy atom. The normalized spacial score (nSPS) is 13.5. The minimum absolute atomic E-state index is 0.688. The predicted octanol–water partition coefficient (Wildman–Crippen LogP) is 1.79. The number of aromatic nitrogens is 2. The minimum atomic E-state index is 0.688. The highest BCUT2D eigenvalue weighted by atomic mass is 127. The van der Waals surface area contributed by atoms with Gasteiger partial charge in [-0.05, 0) is 6.07 Å². The third-order valence-electron chi connectivity index (χ3n) is 1.41. The molecule has 0 saturated carbocycles. The van der Waals surface area contributed by atoms with Crippen LogP contribution in [-0.4, -0.2) is 13.7 Å². The molecule has 1 aromatic heterocycles. The van der Waals surface area contributed by atoms with Gasteiger partial charge in [-0.1, -0.05) is 29.5 Å². The van der Waals surface area contributed by atoms with Gasteiger partial charge in [0.2, 0.25) is 0 Å². The Balaban J connectivity index is 2.65. The molecule has 10 heavy (non-hydrogen) atoms. The maximum Gasteiger partial charge on any atom is 0.0492 e. The van der Waals surface area contributed by atoms with Crippen molar-refractivity contribution in [2.45, 2.75) is 17.3 Å². The van der Waals surface area contributed by atoms with E-state index < -0.39 is 0 Å². The molecule has 1 unspecified atom stereocenters. The summed E-state index contributed by atoms with van der Waals surface area (Å²) in [4.78, 5) is 0. The Bertz CT molecular complexity index is 205. The van der Waals surface area contributed by atoms with E-state index in [1.807, 2.05) is 17.9 Å². The minimum Gasteiger partial charge on any atom is -0.273 e. The highest BCUT2D eigenvalue weighted by Crippen LogP contribution is 2.07. The van der Waals surface area contributed by atoms with E-state index in [-0.39, 0.29) is 0 Å². The third-order valence-corrected chi connectivity index (χ3v) is 1.85. The van der Waals surface area contributed by atoms with E-state index in [0.29, 0.717) is 3.92 Å². The molecule has 0 amide bonds. The van der Waals surface area contributed by atoms with Crippen LogP contribution in [0.25, 0.3) is 0 Å². The van der Waals surface area contributed by atoms with Crippen molar-refractivity contribution in [1.82, 2.24) is 9.78 Å². The Morgan fingerprint density at radius 1 is 1.80 bits per heavy atom. The number of hydrogen-bond acceptors (Lipinski definition) is 1. The number of aryl methyl sites for hydroxylation is 1. The standard InChI is InChI=1S/C7H11IN2/c1-6(8)5-7-3-4-9-10(7)2/h3-4,6H,5H2,1-2H3. The van der Waals surface area contributed by atoms with Crippen molar-refractivity contribution in [2.24, 2.45) is 7.05 Å². The van der Waals surface area contributed by atoms with Crippen LogP contribution in [0.15, 0.2) is 12.3 Å². The summed E-state index contributed by atoms with van der Waals surface area (Å²) in [7, 11) is 1.98. The maximum absolute atomic E-state index is 4.08. The molecule has 0 aromatic carbocycles. The topological polar surface area (TPSA) is 17.8 Å². The molecular formula is C7H11IN2. The van der Waals surface area contributed by atoms with Crippen LogP contribution < -0.4 is 0 Å². The number of halogens is 1. The zero-order valence-electron chi connectivity index (χ0n) is 6.21. The van der Waals surface area contributed by atoms with Crippen LogP contribution in [0.4, 0.5) is 0 Å². The molecule has 0 radical (unpaired) electrons. The summed E-state index contributed by atoms with van der Waals surface area (Å²) in [6.45, 7) is 2.20. The second-order valence-electron chi connectivity index (χ2n) is 2.43. The van der Waals surface area contributed by atoms with Crippen LogP contribution in [0.3, 0.4) is 0 Å². The van der Waals surface area contributed by atoms with Gasteiger partial charge in [-0.15, -0.1) is 0 Å². The van der Waals surface area contributed by atoms with E-state index in [9.17, 15) is 0 Å². The first-order chi connectivity index (χ1) is 4.70.